The van der Waals surface area contributed by atoms with E-state index < -0.39 is 0 Å². The minimum absolute atomic E-state index is 0.740. The summed E-state index contributed by atoms with van der Waals surface area (Å²) in [7, 11) is 4.23. The van der Waals surface area contributed by atoms with Crippen molar-refractivity contribution in [2.45, 2.75) is 18.9 Å². The van der Waals surface area contributed by atoms with Crippen LogP contribution in [-0.2, 0) is 0 Å². The van der Waals surface area contributed by atoms with E-state index >= 15 is 0 Å². The van der Waals surface area contributed by atoms with Crippen LogP contribution in [0.15, 0.2) is 0 Å². The van der Waals surface area contributed by atoms with E-state index in [0.29, 0.717) is 0 Å². The molecule has 0 bridgehead atoms. The molecule has 1 N–H and O–H groups in total. The van der Waals surface area contributed by atoms with Crippen molar-refractivity contribution in [2.24, 2.45) is 0 Å². The molecule has 0 amide bonds. The summed E-state index contributed by atoms with van der Waals surface area (Å²) in [6, 6.07) is 0.740. The largest absolute Gasteiger partial charge is 0.358 e. The first-order valence-electron chi connectivity index (χ1n) is 3.68. The van der Waals surface area contributed by atoms with Gasteiger partial charge < -0.3 is 10.1 Å². The highest BCUT2D eigenvalue weighted by atomic mass is 15.1. The summed E-state index contributed by atoms with van der Waals surface area (Å²) in [6.07, 6.45) is 2.70. The Kier molecular flexibility index (Phi) is 2.55. The van der Waals surface area contributed by atoms with Gasteiger partial charge >= 0.3 is 0 Å². The van der Waals surface area contributed by atoms with Gasteiger partial charge in [0.05, 0.1) is 0 Å². The van der Waals surface area contributed by atoms with Crippen LogP contribution in [0.2, 0.25) is 0 Å². The molecular formula is C6H15BN2. The lowest BCUT2D eigenvalue weighted by Gasteiger charge is -2.29. The summed E-state index contributed by atoms with van der Waals surface area (Å²) in [5, 5.41) is 3.29. The Labute approximate surface area is 58.0 Å². The van der Waals surface area contributed by atoms with Gasteiger partial charge in [-0.25, -0.2) is 0 Å². The van der Waals surface area contributed by atoms with E-state index in [1.165, 1.54) is 25.9 Å². The Morgan fingerprint density at radius 1 is 1.67 bits per heavy atom. The minimum atomic E-state index is 0.740. The van der Waals surface area contributed by atoms with Crippen LogP contribution in [0.3, 0.4) is 0 Å². The maximum atomic E-state index is 3.29. The zero-order valence-electron chi connectivity index (χ0n) is 6.35. The molecule has 1 atom stereocenters. The van der Waals surface area contributed by atoms with Crippen LogP contribution in [-0.4, -0.2) is 39.1 Å². The number of nitrogens with one attached hydrogen (secondary N) is 1. The Balaban J connectivity index is 2.23. The number of piperidine rings is 1. The molecule has 1 saturated heterocycles. The molecule has 0 spiro atoms. The molecule has 1 aliphatic rings. The third kappa shape index (κ3) is 1.99. The number of hydrogen-bond acceptors (Lipinski definition) is 2. The van der Waals surface area contributed by atoms with Crippen molar-refractivity contribution >= 4 is 7.98 Å². The summed E-state index contributed by atoms with van der Waals surface area (Å²) >= 11 is 0. The fourth-order valence-corrected chi connectivity index (χ4v) is 1.40. The van der Waals surface area contributed by atoms with Gasteiger partial charge in [0.15, 0.2) is 7.98 Å². The van der Waals surface area contributed by atoms with Gasteiger partial charge in [0.2, 0.25) is 0 Å². The Hall–Kier alpha value is -0.0151. The Morgan fingerprint density at radius 3 is 2.89 bits per heavy atom. The quantitative estimate of drug-likeness (QED) is 0.463. The van der Waals surface area contributed by atoms with Gasteiger partial charge in [-0.05, 0) is 26.4 Å². The molecule has 0 aliphatic carbocycles. The molecule has 0 aromatic carbocycles. The van der Waals surface area contributed by atoms with Crippen molar-refractivity contribution in [3.8, 4) is 0 Å². The van der Waals surface area contributed by atoms with Crippen molar-refractivity contribution in [3.63, 3.8) is 0 Å². The maximum Gasteiger partial charge on any atom is 0.182 e. The van der Waals surface area contributed by atoms with Crippen LogP contribution >= 0.6 is 0 Å². The second-order valence-corrected chi connectivity index (χ2v) is 2.89. The lowest BCUT2D eigenvalue weighted by atomic mass is 10.1. The van der Waals surface area contributed by atoms with Crippen LogP contribution in [0.4, 0.5) is 0 Å². The normalized spacial score (nSPS) is 30.6. The van der Waals surface area contributed by atoms with Crippen LogP contribution < -0.4 is 5.23 Å². The zero-order valence-corrected chi connectivity index (χ0v) is 6.35. The topological polar surface area (TPSA) is 15.3 Å². The summed E-state index contributed by atoms with van der Waals surface area (Å²) in [6.45, 7) is 2.49. The highest BCUT2D eigenvalue weighted by Gasteiger charge is 2.13. The van der Waals surface area contributed by atoms with Crippen molar-refractivity contribution in [1.29, 1.82) is 0 Å². The standard InChI is InChI=1S/C6H15BN2/c1-9-4-2-3-6(5-9)8-7/h6,8H,2-5,7H2,1H3. The number of likely N-dealkylation sites (N-methyl/N-ethyl adjacent to an activating group) is 1. The minimum Gasteiger partial charge on any atom is -0.358 e. The second kappa shape index (κ2) is 3.23. The average Bonchev–Trinajstić information content (AvgIpc) is 1.88. The van der Waals surface area contributed by atoms with E-state index in [4.69, 9.17) is 0 Å². The molecule has 3 heteroatoms. The Bertz CT molecular complexity index is 87.1. The van der Waals surface area contributed by atoms with E-state index in [0.717, 1.165) is 6.04 Å². The zero-order chi connectivity index (χ0) is 6.69. The first kappa shape index (κ1) is 7.10. The lowest BCUT2D eigenvalue weighted by molar-refractivity contribution is 0.243. The monoisotopic (exact) mass is 126 g/mol. The van der Waals surface area contributed by atoms with E-state index in [9.17, 15) is 0 Å². The van der Waals surface area contributed by atoms with Crippen LogP contribution in [0, 0.1) is 0 Å². The van der Waals surface area contributed by atoms with Gasteiger partial charge in [-0.15, -0.1) is 0 Å². The molecule has 0 aromatic heterocycles. The van der Waals surface area contributed by atoms with Gasteiger partial charge in [-0.1, -0.05) is 0 Å². The van der Waals surface area contributed by atoms with Crippen LogP contribution in [0.1, 0.15) is 12.8 Å². The number of nitrogens with zero attached hydrogens (tertiary/aromatic N) is 1. The van der Waals surface area contributed by atoms with Crippen molar-refractivity contribution < 1.29 is 0 Å². The molecular weight excluding hydrogens is 111 g/mol. The number of hydrogen-bond donors (Lipinski definition) is 1. The summed E-state index contributed by atoms with van der Waals surface area (Å²) < 4.78 is 0. The lowest BCUT2D eigenvalue weighted by Crippen LogP contribution is -2.42. The first-order chi connectivity index (χ1) is 4.33. The summed E-state index contributed by atoms with van der Waals surface area (Å²) in [5.74, 6) is 0. The summed E-state index contributed by atoms with van der Waals surface area (Å²) in [5.41, 5.74) is 0. The van der Waals surface area contributed by atoms with Crippen molar-refractivity contribution in [3.05, 3.63) is 0 Å². The molecule has 2 nitrogen and oxygen atoms in total. The Morgan fingerprint density at radius 2 is 2.44 bits per heavy atom. The van der Waals surface area contributed by atoms with E-state index in [-0.39, 0.29) is 0 Å². The summed E-state index contributed by atoms with van der Waals surface area (Å²) in [4.78, 5) is 2.38. The molecule has 1 aliphatic heterocycles. The predicted molar refractivity (Wildman–Crippen MR) is 42.2 cm³/mol. The molecule has 1 rings (SSSR count). The van der Waals surface area contributed by atoms with Gasteiger partial charge in [-0.2, -0.15) is 0 Å². The number of rotatable bonds is 1. The van der Waals surface area contributed by atoms with Gasteiger partial charge in [0.1, 0.15) is 0 Å². The molecule has 0 saturated carbocycles. The number of likely N-dealkylation sites (tertiary alicyclic amines) is 1. The van der Waals surface area contributed by atoms with Gasteiger partial charge in [0.25, 0.3) is 0 Å². The highest BCUT2D eigenvalue weighted by Crippen LogP contribution is 2.06. The SMILES string of the molecule is BNC1CCCN(C)C1. The van der Waals surface area contributed by atoms with E-state index in [1.54, 1.807) is 0 Å². The van der Waals surface area contributed by atoms with Crippen molar-refractivity contribution in [2.75, 3.05) is 20.1 Å². The van der Waals surface area contributed by atoms with Crippen LogP contribution in [0.25, 0.3) is 0 Å². The predicted octanol–water partition coefficient (Wildman–Crippen LogP) is -0.782. The smallest absolute Gasteiger partial charge is 0.182 e. The fraction of sp³-hybridized carbons (Fsp3) is 1.00. The average molecular weight is 126 g/mol. The van der Waals surface area contributed by atoms with E-state index in [1.807, 2.05) is 7.98 Å². The third-order valence-corrected chi connectivity index (χ3v) is 2.03. The molecule has 0 radical (unpaired) electrons. The highest BCUT2D eigenvalue weighted by molar-refractivity contribution is 6.04. The second-order valence-electron chi connectivity index (χ2n) is 2.89. The fourth-order valence-electron chi connectivity index (χ4n) is 1.40. The maximum absolute atomic E-state index is 3.29. The molecule has 1 fully saturated rings. The molecule has 52 valence electrons. The third-order valence-electron chi connectivity index (χ3n) is 2.03. The molecule has 1 unspecified atom stereocenters. The molecule has 1 heterocycles. The molecule has 0 aromatic rings. The van der Waals surface area contributed by atoms with Crippen LogP contribution in [0.5, 0.6) is 0 Å². The van der Waals surface area contributed by atoms with E-state index in [2.05, 4.69) is 17.2 Å². The van der Waals surface area contributed by atoms with Crippen molar-refractivity contribution in [1.82, 2.24) is 10.1 Å². The van der Waals surface area contributed by atoms with Gasteiger partial charge in [0, 0.05) is 12.6 Å². The first-order valence-corrected chi connectivity index (χ1v) is 3.68. The van der Waals surface area contributed by atoms with Gasteiger partial charge in [-0.3, -0.25) is 0 Å². The molecule has 9 heavy (non-hydrogen) atoms.